The number of halogens is 5. The van der Waals surface area contributed by atoms with Gasteiger partial charge in [-0.15, -0.1) is 0 Å². The molecule has 1 saturated carbocycles. The van der Waals surface area contributed by atoms with Crippen molar-refractivity contribution in [2.75, 3.05) is 13.6 Å². The van der Waals surface area contributed by atoms with Crippen molar-refractivity contribution in [1.29, 1.82) is 0 Å². The van der Waals surface area contributed by atoms with Crippen LogP contribution < -0.4 is 25.2 Å². The molecule has 1 aliphatic carbocycles. The number of alkyl halides is 2. The molecule has 0 saturated heterocycles. The smallest absolute Gasteiger partial charge is 0.387 e. The first kappa shape index (κ1) is 32.0. The molecule has 2 aliphatic rings. The van der Waals surface area contributed by atoms with Crippen LogP contribution in [0.15, 0.2) is 48.5 Å². The van der Waals surface area contributed by atoms with Gasteiger partial charge in [-0.05, 0) is 50.4 Å². The molecule has 44 heavy (non-hydrogen) atoms. The van der Waals surface area contributed by atoms with Crippen molar-refractivity contribution in [3.05, 3.63) is 81.9 Å². The maximum absolute atomic E-state index is 15.8. The third-order valence-electron chi connectivity index (χ3n) is 8.27. The number of nitrogens with two attached hydrogens (primary N) is 1. The fraction of sp³-hybridized carbons (Fsp3) is 0.367. The summed E-state index contributed by atoms with van der Waals surface area (Å²) in [7, 11) is -2.00. The highest BCUT2D eigenvalue weighted by Crippen LogP contribution is 2.50. The minimum absolute atomic E-state index is 0.0198. The molecular weight excluding hydrogens is 626 g/mol. The fourth-order valence-corrected chi connectivity index (χ4v) is 7.54. The predicted octanol–water partition coefficient (Wildman–Crippen LogP) is 5.27. The number of amides is 1. The lowest BCUT2D eigenvalue weighted by Gasteiger charge is -2.34. The van der Waals surface area contributed by atoms with Gasteiger partial charge in [-0.3, -0.25) is 4.79 Å². The largest absolute Gasteiger partial charge is 0.480 e. The van der Waals surface area contributed by atoms with Gasteiger partial charge in [-0.2, -0.15) is 8.78 Å². The van der Waals surface area contributed by atoms with E-state index in [0.29, 0.717) is 31.2 Å². The lowest BCUT2D eigenvalue weighted by atomic mass is 9.84. The summed E-state index contributed by atoms with van der Waals surface area (Å²) in [5.74, 6) is -4.30. The number of benzene rings is 3. The first-order valence-corrected chi connectivity index (χ1v) is 15.8. The zero-order chi connectivity index (χ0) is 31.8. The van der Waals surface area contributed by atoms with Gasteiger partial charge in [-0.1, -0.05) is 41.9 Å². The summed E-state index contributed by atoms with van der Waals surface area (Å²) in [5, 5.41) is 2.42. The van der Waals surface area contributed by atoms with E-state index in [4.69, 9.17) is 22.1 Å². The summed E-state index contributed by atoms with van der Waals surface area (Å²) in [6.07, 6.45) is 2.10. The molecule has 14 heteroatoms. The summed E-state index contributed by atoms with van der Waals surface area (Å²) in [6, 6.07) is 11.9. The second kappa shape index (κ2) is 12.5. The van der Waals surface area contributed by atoms with Crippen LogP contribution in [0, 0.1) is 11.6 Å². The van der Waals surface area contributed by atoms with Crippen molar-refractivity contribution in [3.63, 3.8) is 0 Å². The van der Waals surface area contributed by atoms with Crippen molar-refractivity contribution in [2.24, 2.45) is 5.73 Å². The SMILES string of the molecule is CNS(=O)(=O)C1CCC(NCC2(c3ccccc3)Cc3c(cc(F)c(Cl)c3-c3c(C(N)=O)ccc(OC(F)F)c3F)O2)CC1. The van der Waals surface area contributed by atoms with E-state index in [-0.39, 0.29) is 35.9 Å². The van der Waals surface area contributed by atoms with E-state index in [2.05, 4.69) is 14.8 Å². The Kier molecular flexibility index (Phi) is 9.13. The lowest BCUT2D eigenvalue weighted by molar-refractivity contribution is -0.0521. The molecule has 1 unspecified atom stereocenters. The molecule has 0 aromatic heterocycles. The number of carbonyl (C=O) groups is 1. The topological polar surface area (TPSA) is 120 Å². The van der Waals surface area contributed by atoms with Crippen LogP contribution in [0.1, 0.15) is 47.2 Å². The molecule has 3 aromatic carbocycles. The number of rotatable bonds is 10. The number of primary amides is 1. The van der Waals surface area contributed by atoms with Gasteiger partial charge in [-0.25, -0.2) is 21.9 Å². The first-order chi connectivity index (χ1) is 20.9. The number of carbonyl (C=O) groups excluding carboxylic acids is 1. The first-order valence-electron chi connectivity index (χ1n) is 13.9. The molecular formula is C30H30ClF4N3O5S. The molecule has 236 valence electrons. The highest BCUT2D eigenvalue weighted by molar-refractivity contribution is 7.90. The minimum atomic E-state index is -3.39. The molecule has 0 radical (unpaired) electrons. The number of hydrogen-bond acceptors (Lipinski definition) is 6. The number of ether oxygens (including phenoxy) is 2. The van der Waals surface area contributed by atoms with Crippen LogP contribution in [0.5, 0.6) is 11.5 Å². The zero-order valence-electron chi connectivity index (χ0n) is 23.5. The summed E-state index contributed by atoms with van der Waals surface area (Å²) >= 11 is 6.41. The quantitative estimate of drug-likeness (QED) is 0.256. The van der Waals surface area contributed by atoms with E-state index >= 15 is 8.78 Å². The van der Waals surface area contributed by atoms with Crippen molar-refractivity contribution in [2.45, 2.75) is 55.6 Å². The Morgan fingerprint density at radius 3 is 2.41 bits per heavy atom. The van der Waals surface area contributed by atoms with Gasteiger partial charge < -0.3 is 20.5 Å². The Morgan fingerprint density at radius 1 is 1.11 bits per heavy atom. The second-order valence-electron chi connectivity index (χ2n) is 10.8. The van der Waals surface area contributed by atoms with Crippen LogP contribution in [0.25, 0.3) is 11.1 Å². The van der Waals surface area contributed by atoms with Crippen molar-refractivity contribution >= 4 is 27.5 Å². The second-order valence-corrected chi connectivity index (χ2v) is 13.4. The molecule has 1 aliphatic heterocycles. The summed E-state index contributed by atoms with van der Waals surface area (Å²) in [6.45, 7) is -3.18. The van der Waals surface area contributed by atoms with Gasteiger partial charge >= 0.3 is 6.61 Å². The third kappa shape index (κ3) is 6.10. The maximum atomic E-state index is 15.8. The molecule has 1 heterocycles. The normalized spacial score (nSPS) is 21.6. The molecule has 1 amide bonds. The molecule has 4 N–H and O–H groups in total. The van der Waals surface area contributed by atoms with Crippen LogP contribution in [-0.4, -0.2) is 45.8 Å². The van der Waals surface area contributed by atoms with Crippen molar-refractivity contribution in [3.8, 4) is 22.6 Å². The third-order valence-corrected chi connectivity index (χ3v) is 10.6. The summed E-state index contributed by atoms with van der Waals surface area (Å²) < 4.78 is 94.9. The Labute approximate surface area is 256 Å². The van der Waals surface area contributed by atoms with Gasteiger partial charge in [0, 0.05) is 41.8 Å². The van der Waals surface area contributed by atoms with E-state index in [1.807, 2.05) is 12.1 Å². The minimum Gasteiger partial charge on any atom is -0.480 e. The number of nitrogens with one attached hydrogen (secondary N) is 2. The highest BCUT2D eigenvalue weighted by atomic mass is 35.5. The fourth-order valence-electron chi connectivity index (χ4n) is 6.05. The molecule has 8 nitrogen and oxygen atoms in total. The van der Waals surface area contributed by atoms with Crippen molar-refractivity contribution < 1.29 is 40.2 Å². The zero-order valence-corrected chi connectivity index (χ0v) is 25.1. The van der Waals surface area contributed by atoms with E-state index < -0.39 is 66.9 Å². The lowest BCUT2D eigenvalue weighted by Crippen LogP contribution is -2.47. The van der Waals surface area contributed by atoms with Crippen LogP contribution >= 0.6 is 11.6 Å². The average molecular weight is 656 g/mol. The highest BCUT2D eigenvalue weighted by Gasteiger charge is 2.45. The van der Waals surface area contributed by atoms with Gasteiger partial charge in [0.15, 0.2) is 17.2 Å². The van der Waals surface area contributed by atoms with Gasteiger partial charge in [0.2, 0.25) is 15.9 Å². The molecule has 3 aromatic rings. The Bertz CT molecular complexity index is 1670. The van der Waals surface area contributed by atoms with Gasteiger partial charge in [0.25, 0.3) is 0 Å². The maximum Gasteiger partial charge on any atom is 0.387 e. The van der Waals surface area contributed by atoms with Gasteiger partial charge in [0.05, 0.1) is 15.8 Å². The average Bonchev–Trinajstić information content (AvgIpc) is 3.37. The van der Waals surface area contributed by atoms with E-state index in [1.165, 1.54) is 7.05 Å². The summed E-state index contributed by atoms with van der Waals surface area (Å²) in [5.41, 5.74) is 4.03. The molecule has 1 fully saturated rings. The van der Waals surface area contributed by atoms with E-state index in [1.54, 1.807) is 18.2 Å². The van der Waals surface area contributed by atoms with E-state index in [0.717, 1.165) is 18.2 Å². The number of hydrogen-bond donors (Lipinski definition) is 3. The van der Waals surface area contributed by atoms with Crippen molar-refractivity contribution in [1.82, 2.24) is 10.0 Å². The van der Waals surface area contributed by atoms with Crippen LogP contribution in [0.3, 0.4) is 0 Å². The van der Waals surface area contributed by atoms with Gasteiger partial charge in [0.1, 0.15) is 11.6 Å². The van der Waals surface area contributed by atoms with E-state index in [9.17, 15) is 22.0 Å². The number of sulfonamides is 1. The Morgan fingerprint density at radius 2 is 1.80 bits per heavy atom. The molecule has 1 atom stereocenters. The Balaban J connectivity index is 1.55. The number of fused-ring (bicyclic) bond motifs is 1. The monoisotopic (exact) mass is 655 g/mol. The van der Waals surface area contributed by atoms with Crippen LogP contribution in [0.4, 0.5) is 17.6 Å². The predicted molar refractivity (Wildman–Crippen MR) is 156 cm³/mol. The molecule has 5 rings (SSSR count). The standard InChI is InChI=1S/C30H30ClF4N3O5S/c1-37-44(40,41)18-9-7-17(8-10-18)38-15-30(16-5-3-2-4-6-16)14-20-23(43-30)13-21(32)26(31)24(20)25-19(28(36)39)11-12-22(27(25)33)42-29(34)35/h2-6,11-13,17-18,29,37-38H,7-10,14-15H2,1H3,(H2,36,39). The summed E-state index contributed by atoms with van der Waals surface area (Å²) in [4.78, 5) is 12.4. The Hall–Kier alpha value is -3.39. The van der Waals surface area contributed by atoms with Crippen LogP contribution in [-0.2, 0) is 22.0 Å². The molecule has 0 spiro atoms. The van der Waals surface area contributed by atoms with Crippen LogP contribution in [0.2, 0.25) is 5.02 Å². The molecule has 0 bridgehead atoms.